The fourth-order valence-electron chi connectivity index (χ4n) is 1.75. The predicted molar refractivity (Wildman–Crippen MR) is 83.3 cm³/mol. The first kappa shape index (κ1) is 15.8. The van der Waals surface area contributed by atoms with Gasteiger partial charge in [0.1, 0.15) is 5.82 Å². The molecule has 3 N–H and O–H groups in total. The van der Waals surface area contributed by atoms with E-state index in [4.69, 9.17) is 11.6 Å². The number of hydrogen-bond donors (Lipinski definition) is 3. The van der Waals surface area contributed by atoms with Crippen molar-refractivity contribution in [3.8, 4) is 0 Å². The molecule has 0 saturated heterocycles. The average molecular weight is 322 g/mol. The number of hydrogen-bond acceptors (Lipinski definition) is 3. The molecule has 2 rings (SSSR count). The summed E-state index contributed by atoms with van der Waals surface area (Å²) in [5.41, 5.74) is 5.19. The lowest BCUT2D eigenvalue weighted by Crippen LogP contribution is -2.44. The minimum absolute atomic E-state index is 0.235. The van der Waals surface area contributed by atoms with E-state index in [-0.39, 0.29) is 12.3 Å². The number of benzene rings is 1. The van der Waals surface area contributed by atoms with Gasteiger partial charge in [-0.15, -0.1) is 0 Å². The van der Waals surface area contributed by atoms with Gasteiger partial charge in [0.25, 0.3) is 0 Å². The molecule has 1 heterocycles. The zero-order chi connectivity index (χ0) is 15.9. The van der Waals surface area contributed by atoms with Crippen LogP contribution in [0.5, 0.6) is 0 Å². The van der Waals surface area contributed by atoms with Crippen molar-refractivity contribution in [3.63, 3.8) is 0 Å². The minimum Gasteiger partial charge on any atom is -0.335 e. The zero-order valence-corrected chi connectivity index (χ0v) is 12.7. The van der Waals surface area contributed by atoms with Crippen LogP contribution in [0, 0.1) is 6.92 Å². The molecule has 0 atom stereocenters. The van der Waals surface area contributed by atoms with Crippen molar-refractivity contribution in [1.29, 1.82) is 0 Å². The number of anilines is 1. The number of aryl methyl sites for hydroxylation is 2. The Labute approximate surface area is 132 Å². The van der Waals surface area contributed by atoms with Crippen molar-refractivity contribution in [2.24, 2.45) is 0 Å². The maximum atomic E-state index is 11.6. The molecule has 0 fully saturated rings. The predicted octanol–water partition coefficient (Wildman–Crippen LogP) is 2.09. The van der Waals surface area contributed by atoms with Crippen molar-refractivity contribution < 1.29 is 9.59 Å². The maximum Gasteiger partial charge on any atom is 0.337 e. The number of carbonyl (C=O) groups excluding carboxylic acids is 2. The van der Waals surface area contributed by atoms with E-state index >= 15 is 0 Å². The summed E-state index contributed by atoms with van der Waals surface area (Å²) in [4.78, 5) is 27.3. The second-order valence-electron chi connectivity index (χ2n) is 4.55. The summed E-state index contributed by atoms with van der Waals surface area (Å²) in [5, 5.41) is 3.14. The van der Waals surface area contributed by atoms with E-state index in [2.05, 4.69) is 21.2 Å². The number of hydrazine groups is 1. The van der Waals surface area contributed by atoms with E-state index in [0.717, 1.165) is 5.82 Å². The van der Waals surface area contributed by atoms with Gasteiger partial charge in [0, 0.05) is 36.1 Å². The molecule has 0 unspecified atom stereocenters. The summed E-state index contributed by atoms with van der Waals surface area (Å²) in [6.45, 7) is 2.36. The molecule has 3 amide bonds. The lowest BCUT2D eigenvalue weighted by molar-refractivity contribution is -0.122. The fraction of sp³-hybridized carbons (Fsp3) is 0.214. The topological polar surface area (TPSA) is 88.1 Å². The summed E-state index contributed by atoms with van der Waals surface area (Å²) in [5.74, 6) is 0.542. The smallest absolute Gasteiger partial charge is 0.335 e. The second kappa shape index (κ2) is 7.46. The van der Waals surface area contributed by atoms with E-state index in [1.807, 2.05) is 11.5 Å². The van der Waals surface area contributed by atoms with E-state index in [9.17, 15) is 9.59 Å². The standard InChI is InChI=1S/C14H16ClN5O2/c1-10-16-7-9-20(10)8-6-13(21)18-19-14(22)17-12-4-2-11(15)3-5-12/h2-5,7,9H,6,8H2,1H3,(H,18,21)(H2,17,19,22). The van der Waals surface area contributed by atoms with Crippen LogP contribution in [0.25, 0.3) is 0 Å². The molecule has 8 heteroatoms. The van der Waals surface area contributed by atoms with Crippen molar-refractivity contribution in [3.05, 3.63) is 47.5 Å². The summed E-state index contributed by atoms with van der Waals surface area (Å²) < 4.78 is 1.85. The second-order valence-corrected chi connectivity index (χ2v) is 4.99. The Hall–Kier alpha value is -2.54. The lowest BCUT2D eigenvalue weighted by atomic mass is 10.3. The SMILES string of the molecule is Cc1nccn1CCC(=O)NNC(=O)Nc1ccc(Cl)cc1. The highest BCUT2D eigenvalue weighted by atomic mass is 35.5. The van der Waals surface area contributed by atoms with Crippen LogP contribution in [0.15, 0.2) is 36.7 Å². The quantitative estimate of drug-likeness (QED) is 0.753. The van der Waals surface area contributed by atoms with E-state index in [0.29, 0.717) is 17.3 Å². The van der Waals surface area contributed by atoms with Crippen LogP contribution in [0.4, 0.5) is 10.5 Å². The average Bonchev–Trinajstić information content (AvgIpc) is 2.91. The third-order valence-electron chi connectivity index (χ3n) is 2.92. The highest BCUT2D eigenvalue weighted by Gasteiger charge is 2.06. The Morgan fingerprint density at radius 2 is 1.95 bits per heavy atom. The van der Waals surface area contributed by atoms with Crippen LogP contribution in [0.3, 0.4) is 0 Å². The molecule has 0 spiro atoms. The highest BCUT2D eigenvalue weighted by Crippen LogP contribution is 2.12. The minimum atomic E-state index is -0.533. The lowest BCUT2D eigenvalue weighted by Gasteiger charge is -2.09. The van der Waals surface area contributed by atoms with E-state index < -0.39 is 6.03 Å². The number of aromatic nitrogens is 2. The van der Waals surface area contributed by atoms with E-state index in [1.165, 1.54) is 0 Å². The third-order valence-corrected chi connectivity index (χ3v) is 3.17. The van der Waals surface area contributed by atoms with Gasteiger partial charge in [-0.05, 0) is 31.2 Å². The molecule has 0 saturated carbocycles. The molecule has 0 bridgehead atoms. The summed E-state index contributed by atoms with van der Waals surface area (Å²) >= 11 is 5.75. The molecular weight excluding hydrogens is 306 g/mol. The molecule has 1 aromatic carbocycles. The molecule has 116 valence electrons. The summed E-state index contributed by atoms with van der Waals surface area (Å²) in [6.07, 6.45) is 3.70. The molecule has 1 aromatic heterocycles. The molecule has 2 aromatic rings. The molecule has 0 aliphatic rings. The van der Waals surface area contributed by atoms with Crippen LogP contribution in [-0.2, 0) is 11.3 Å². The molecular formula is C14H16ClN5O2. The first-order valence-electron chi connectivity index (χ1n) is 6.64. The monoisotopic (exact) mass is 321 g/mol. The van der Waals surface area contributed by atoms with Gasteiger partial charge in [0.15, 0.2) is 0 Å². The van der Waals surface area contributed by atoms with Crippen LogP contribution in [0.1, 0.15) is 12.2 Å². The Morgan fingerprint density at radius 1 is 1.23 bits per heavy atom. The first-order valence-corrected chi connectivity index (χ1v) is 7.01. The van der Waals surface area contributed by atoms with Crippen molar-refractivity contribution in [2.45, 2.75) is 19.9 Å². The van der Waals surface area contributed by atoms with Crippen LogP contribution in [0.2, 0.25) is 5.02 Å². The molecule has 0 radical (unpaired) electrons. The number of rotatable bonds is 4. The molecule has 7 nitrogen and oxygen atoms in total. The summed E-state index contributed by atoms with van der Waals surface area (Å²) in [6, 6.07) is 6.10. The maximum absolute atomic E-state index is 11.6. The zero-order valence-electron chi connectivity index (χ0n) is 12.0. The van der Waals surface area contributed by atoms with Crippen molar-refractivity contribution in [2.75, 3.05) is 5.32 Å². The number of urea groups is 1. The van der Waals surface area contributed by atoms with E-state index in [1.54, 1.807) is 36.7 Å². The van der Waals surface area contributed by atoms with Crippen molar-refractivity contribution in [1.82, 2.24) is 20.4 Å². The number of halogens is 1. The molecule has 0 aliphatic heterocycles. The molecule has 0 aliphatic carbocycles. The van der Waals surface area contributed by atoms with Crippen molar-refractivity contribution >= 4 is 29.2 Å². The number of nitrogens with zero attached hydrogens (tertiary/aromatic N) is 2. The van der Waals surface area contributed by atoms with Gasteiger partial charge in [-0.3, -0.25) is 10.2 Å². The van der Waals surface area contributed by atoms with Gasteiger partial charge < -0.3 is 9.88 Å². The largest absolute Gasteiger partial charge is 0.337 e. The Bertz CT molecular complexity index is 654. The number of amides is 3. The van der Waals surface area contributed by atoms with Gasteiger partial charge in [-0.25, -0.2) is 15.2 Å². The highest BCUT2D eigenvalue weighted by molar-refractivity contribution is 6.30. The number of carbonyl (C=O) groups is 2. The number of imidazole rings is 1. The number of nitrogens with one attached hydrogen (secondary N) is 3. The Morgan fingerprint density at radius 3 is 2.59 bits per heavy atom. The normalized spacial score (nSPS) is 10.1. The van der Waals surface area contributed by atoms with Gasteiger partial charge in [0.2, 0.25) is 5.91 Å². The van der Waals surface area contributed by atoms with Gasteiger partial charge in [-0.1, -0.05) is 11.6 Å². The van der Waals surface area contributed by atoms with Gasteiger partial charge in [-0.2, -0.15) is 0 Å². The Kier molecular flexibility index (Phi) is 5.37. The summed E-state index contributed by atoms with van der Waals surface area (Å²) in [7, 11) is 0. The first-order chi connectivity index (χ1) is 10.5. The molecule has 22 heavy (non-hydrogen) atoms. The van der Waals surface area contributed by atoms with Crippen LogP contribution < -0.4 is 16.2 Å². The third kappa shape index (κ3) is 4.78. The van der Waals surface area contributed by atoms with Crippen LogP contribution in [-0.4, -0.2) is 21.5 Å². The fourth-order valence-corrected chi connectivity index (χ4v) is 1.87. The van der Waals surface area contributed by atoms with Gasteiger partial charge >= 0.3 is 6.03 Å². The van der Waals surface area contributed by atoms with Crippen LogP contribution >= 0.6 is 11.6 Å². The Balaban J connectivity index is 1.70. The van der Waals surface area contributed by atoms with Gasteiger partial charge in [0.05, 0.1) is 0 Å².